The number of ether oxygens (including phenoxy) is 2. The van der Waals surface area contributed by atoms with Gasteiger partial charge in [0.25, 0.3) is 0 Å². The number of guanidine groups is 1. The molecular formula is C16H29N5O4S. The van der Waals surface area contributed by atoms with Crippen molar-refractivity contribution in [1.82, 2.24) is 20.0 Å². The first-order chi connectivity index (χ1) is 12.4. The molecule has 0 aromatic carbocycles. The molecule has 1 atom stereocenters. The maximum atomic E-state index is 11.1. The Bertz CT molecular complexity index is 689. The summed E-state index contributed by atoms with van der Waals surface area (Å²) in [5, 5.41) is 7.50. The predicted octanol–water partition coefficient (Wildman–Crippen LogP) is -0.180. The fourth-order valence-corrected chi connectivity index (χ4v) is 3.02. The summed E-state index contributed by atoms with van der Waals surface area (Å²) in [7, 11) is -1.10. The fraction of sp³-hybridized carbons (Fsp3) is 0.750. The Morgan fingerprint density at radius 1 is 1.50 bits per heavy atom. The van der Waals surface area contributed by atoms with Crippen LogP contribution in [0.25, 0.3) is 0 Å². The monoisotopic (exact) mass is 387 g/mol. The molecule has 0 aliphatic carbocycles. The molecule has 0 bridgehead atoms. The summed E-state index contributed by atoms with van der Waals surface area (Å²) in [4.78, 5) is 6.75. The molecular weight excluding hydrogens is 358 g/mol. The van der Waals surface area contributed by atoms with Crippen LogP contribution in [0, 0.1) is 0 Å². The van der Waals surface area contributed by atoms with E-state index in [1.807, 2.05) is 26.4 Å². The van der Waals surface area contributed by atoms with Crippen molar-refractivity contribution in [3.05, 3.63) is 18.0 Å². The van der Waals surface area contributed by atoms with Crippen LogP contribution >= 0.6 is 0 Å². The molecule has 9 nitrogen and oxygen atoms in total. The van der Waals surface area contributed by atoms with E-state index >= 15 is 0 Å². The Morgan fingerprint density at radius 3 is 2.96 bits per heavy atom. The average molecular weight is 388 g/mol. The highest BCUT2D eigenvalue weighted by Crippen LogP contribution is 2.21. The van der Waals surface area contributed by atoms with Gasteiger partial charge in [-0.2, -0.15) is 5.10 Å². The van der Waals surface area contributed by atoms with Gasteiger partial charge in [0.2, 0.25) is 0 Å². The van der Waals surface area contributed by atoms with Gasteiger partial charge >= 0.3 is 0 Å². The summed E-state index contributed by atoms with van der Waals surface area (Å²) in [5.74, 6) is 0.851. The van der Waals surface area contributed by atoms with Crippen molar-refractivity contribution in [3.8, 4) is 0 Å². The van der Waals surface area contributed by atoms with Gasteiger partial charge in [-0.15, -0.1) is 0 Å². The number of aromatic nitrogens is 2. The second-order valence-corrected chi connectivity index (χ2v) is 8.49. The number of sulfone groups is 1. The smallest absolute Gasteiger partial charge is 0.194 e. The van der Waals surface area contributed by atoms with Crippen molar-refractivity contribution in [2.75, 3.05) is 58.0 Å². The zero-order valence-corrected chi connectivity index (χ0v) is 16.5. The van der Waals surface area contributed by atoms with E-state index in [2.05, 4.69) is 20.3 Å². The highest BCUT2D eigenvalue weighted by atomic mass is 32.2. The lowest BCUT2D eigenvalue weighted by molar-refractivity contribution is -0.00808. The van der Waals surface area contributed by atoms with Crippen LogP contribution < -0.4 is 5.32 Å². The Hall–Kier alpha value is -1.65. The van der Waals surface area contributed by atoms with E-state index in [1.165, 1.54) is 6.26 Å². The van der Waals surface area contributed by atoms with E-state index in [-0.39, 0.29) is 18.5 Å². The van der Waals surface area contributed by atoms with Crippen LogP contribution in [0.1, 0.15) is 18.6 Å². The highest BCUT2D eigenvalue weighted by molar-refractivity contribution is 7.90. The first-order valence-electron chi connectivity index (χ1n) is 8.78. The molecule has 2 heterocycles. The van der Waals surface area contributed by atoms with Gasteiger partial charge in [-0.1, -0.05) is 0 Å². The van der Waals surface area contributed by atoms with Crippen molar-refractivity contribution in [1.29, 1.82) is 0 Å². The van der Waals surface area contributed by atoms with E-state index in [1.54, 1.807) is 4.68 Å². The summed E-state index contributed by atoms with van der Waals surface area (Å²) >= 11 is 0. The molecule has 148 valence electrons. The summed E-state index contributed by atoms with van der Waals surface area (Å²) in [6.45, 7) is 5.94. The van der Waals surface area contributed by atoms with Gasteiger partial charge in [0, 0.05) is 38.2 Å². The number of aryl methyl sites for hydroxylation is 1. The van der Waals surface area contributed by atoms with E-state index in [9.17, 15) is 8.42 Å². The number of nitrogens with zero attached hydrogens (tertiary/aromatic N) is 4. The van der Waals surface area contributed by atoms with Crippen molar-refractivity contribution in [2.24, 2.45) is 12.0 Å². The van der Waals surface area contributed by atoms with Crippen molar-refractivity contribution >= 4 is 15.8 Å². The molecule has 26 heavy (non-hydrogen) atoms. The van der Waals surface area contributed by atoms with E-state index < -0.39 is 9.84 Å². The van der Waals surface area contributed by atoms with Crippen LogP contribution in [-0.2, 0) is 26.4 Å². The van der Waals surface area contributed by atoms with Gasteiger partial charge in [0.05, 0.1) is 44.9 Å². The molecule has 1 aliphatic heterocycles. The standard InChI is InChI=1S/C16H29N5O4S/c1-4-17-16(18-5-7-24-9-10-26(3,22)23)21-6-8-25-15(13-21)14-11-19-20(2)12-14/h11-12,15H,4-10,13H2,1-3H3,(H,17,18). The Balaban J connectivity index is 1.86. The number of morpholine rings is 1. The molecule has 1 aliphatic rings. The summed E-state index contributed by atoms with van der Waals surface area (Å²) in [6.07, 6.45) is 4.96. The number of nitrogens with one attached hydrogen (secondary N) is 1. The molecule has 10 heteroatoms. The SMILES string of the molecule is CCNC(=NCCOCCS(C)(=O)=O)N1CCOC(c2cnn(C)c2)C1. The molecule has 1 aromatic heterocycles. The quantitative estimate of drug-likeness (QED) is 0.375. The van der Waals surface area contributed by atoms with E-state index in [4.69, 9.17) is 9.47 Å². The van der Waals surface area contributed by atoms with Crippen LogP contribution in [0.3, 0.4) is 0 Å². The molecule has 0 saturated carbocycles. The lowest BCUT2D eigenvalue weighted by atomic mass is 10.1. The minimum atomic E-state index is -2.99. The summed E-state index contributed by atoms with van der Waals surface area (Å²) in [6, 6.07) is 0. The molecule has 1 saturated heterocycles. The molecule has 0 amide bonds. The zero-order chi connectivity index (χ0) is 19.0. The van der Waals surface area contributed by atoms with Gasteiger partial charge in [-0.05, 0) is 6.92 Å². The third kappa shape index (κ3) is 6.93. The number of hydrogen-bond acceptors (Lipinski definition) is 6. The minimum absolute atomic E-state index is 0.0348. The van der Waals surface area contributed by atoms with Crippen LogP contribution in [0.5, 0.6) is 0 Å². The topological polar surface area (TPSA) is 98.1 Å². The maximum Gasteiger partial charge on any atom is 0.194 e. The Morgan fingerprint density at radius 2 is 2.31 bits per heavy atom. The normalized spacial score (nSPS) is 19.0. The third-order valence-electron chi connectivity index (χ3n) is 3.89. The lowest BCUT2D eigenvalue weighted by Crippen LogP contribution is -2.48. The van der Waals surface area contributed by atoms with Crippen molar-refractivity contribution in [2.45, 2.75) is 13.0 Å². The molecule has 1 unspecified atom stereocenters. The van der Waals surface area contributed by atoms with Gasteiger partial charge in [-0.25, -0.2) is 8.42 Å². The summed E-state index contributed by atoms with van der Waals surface area (Å²) < 4.78 is 35.1. The fourth-order valence-electron chi connectivity index (χ4n) is 2.60. The molecule has 0 spiro atoms. The second-order valence-electron chi connectivity index (χ2n) is 6.23. The van der Waals surface area contributed by atoms with Crippen LogP contribution in [0.15, 0.2) is 17.4 Å². The molecule has 2 rings (SSSR count). The van der Waals surface area contributed by atoms with E-state index in [0.29, 0.717) is 26.3 Å². The zero-order valence-electron chi connectivity index (χ0n) is 15.7. The number of rotatable bonds is 8. The maximum absolute atomic E-state index is 11.1. The molecule has 1 fully saturated rings. The lowest BCUT2D eigenvalue weighted by Gasteiger charge is -2.34. The van der Waals surface area contributed by atoms with Gasteiger partial charge in [-0.3, -0.25) is 9.67 Å². The highest BCUT2D eigenvalue weighted by Gasteiger charge is 2.25. The Labute approximate surface area is 155 Å². The Kier molecular flexibility index (Phi) is 7.85. The number of aliphatic imine (C=N–C) groups is 1. The second kappa shape index (κ2) is 9.89. The van der Waals surface area contributed by atoms with E-state index in [0.717, 1.165) is 24.6 Å². The van der Waals surface area contributed by atoms with Crippen molar-refractivity contribution in [3.63, 3.8) is 0 Å². The predicted molar refractivity (Wildman–Crippen MR) is 100.0 cm³/mol. The van der Waals surface area contributed by atoms with Crippen molar-refractivity contribution < 1.29 is 17.9 Å². The van der Waals surface area contributed by atoms with Gasteiger partial charge in [0.1, 0.15) is 15.9 Å². The van der Waals surface area contributed by atoms with Gasteiger partial charge in [0.15, 0.2) is 5.96 Å². The number of hydrogen-bond donors (Lipinski definition) is 1. The van der Waals surface area contributed by atoms with Crippen LogP contribution in [0.4, 0.5) is 0 Å². The first-order valence-corrected chi connectivity index (χ1v) is 10.8. The largest absolute Gasteiger partial charge is 0.378 e. The van der Waals surface area contributed by atoms with Crippen LogP contribution in [0.2, 0.25) is 0 Å². The van der Waals surface area contributed by atoms with Gasteiger partial charge < -0.3 is 19.7 Å². The molecule has 0 radical (unpaired) electrons. The molecule has 1 aromatic rings. The molecule has 1 N–H and O–H groups in total. The average Bonchev–Trinajstić information content (AvgIpc) is 3.02. The first kappa shape index (κ1) is 20.7. The van der Waals surface area contributed by atoms with Crippen LogP contribution in [-0.4, -0.2) is 87.1 Å². The minimum Gasteiger partial charge on any atom is -0.378 e. The third-order valence-corrected chi connectivity index (χ3v) is 4.80. The summed E-state index contributed by atoms with van der Waals surface area (Å²) in [5.41, 5.74) is 1.05.